The molecule has 0 aromatic heterocycles. The van der Waals surface area contributed by atoms with Crippen LogP contribution in [0.4, 0.5) is 20.6 Å². The fourth-order valence-electron chi connectivity index (χ4n) is 3.16. The molecule has 0 bridgehead atoms. The Labute approximate surface area is 169 Å². The maximum Gasteiger partial charge on any atom is 0.319 e. The minimum atomic E-state index is -0.569. The van der Waals surface area contributed by atoms with Gasteiger partial charge in [0.1, 0.15) is 5.82 Å². The zero-order valence-electron chi connectivity index (χ0n) is 16.3. The first kappa shape index (κ1) is 20.8. The van der Waals surface area contributed by atoms with Crippen molar-refractivity contribution >= 4 is 23.3 Å². The highest BCUT2D eigenvalue weighted by Gasteiger charge is 2.21. The number of morpholine rings is 1. The van der Waals surface area contributed by atoms with Crippen LogP contribution in [-0.4, -0.2) is 49.2 Å². The van der Waals surface area contributed by atoms with Crippen LogP contribution in [0.5, 0.6) is 0 Å². The smallest absolute Gasteiger partial charge is 0.319 e. The molecule has 29 heavy (non-hydrogen) atoms. The number of hydrogen-bond donors (Lipinski definition) is 3. The van der Waals surface area contributed by atoms with Crippen LogP contribution in [0.15, 0.2) is 48.5 Å². The van der Waals surface area contributed by atoms with Gasteiger partial charge in [-0.1, -0.05) is 30.3 Å². The van der Waals surface area contributed by atoms with Crippen LogP contribution in [0.1, 0.15) is 12.5 Å². The lowest BCUT2D eigenvalue weighted by molar-refractivity contribution is -0.114. The van der Waals surface area contributed by atoms with Crippen molar-refractivity contribution in [2.75, 3.05) is 36.9 Å². The Morgan fingerprint density at radius 3 is 2.72 bits per heavy atom. The SMILES string of the molecule is CC(=O)Nc1cc(NC(=O)NCC2CN(Cc3ccccc3)CCO2)ccc1F. The van der Waals surface area contributed by atoms with E-state index in [4.69, 9.17) is 4.74 Å². The molecule has 154 valence electrons. The van der Waals surface area contributed by atoms with Crippen LogP contribution < -0.4 is 16.0 Å². The highest BCUT2D eigenvalue weighted by Crippen LogP contribution is 2.19. The third-order valence-corrected chi connectivity index (χ3v) is 4.50. The summed E-state index contributed by atoms with van der Waals surface area (Å²) >= 11 is 0. The lowest BCUT2D eigenvalue weighted by Gasteiger charge is -2.33. The molecular formula is C21H25FN4O3. The molecule has 1 atom stereocenters. The summed E-state index contributed by atoms with van der Waals surface area (Å²) in [5.74, 6) is -0.958. The summed E-state index contributed by atoms with van der Waals surface area (Å²) in [6.07, 6.45) is -0.110. The number of halogens is 1. The lowest BCUT2D eigenvalue weighted by Crippen LogP contribution is -2.47. The van der Waals surface area contributed by atoms with Gasteiger partial charge in [0.25, 0.3) is 0 Å². The standard InChI is InChI=1S/C21H25FN4O3/c1-15(27)24-20-11-17(7-8-19(20)22)25-21(28)23-12-18-14-26(9-10-29-18)13-16-5-3-2-4-6-16/h2-8,11,18H,9-10,12-14H2,1H3,(H,24,27)(H2,23,25,28). The number of carbonyl (C=O) groups excluding carboxylic acids is 2. The molecular weight excluding hydrogens is 375 g/mol. The molecule has 0 aliphatic carbocycles. The molecule has 0 saturated carbocycles. The Bertz CT molecular complexity index is 847. The molecule has 2 aromatic rings. The minimum Gasteiger partial charge on any atom is -0.374 e. The van der Waals surface area contributed by atoms with Crippen molar-refractivity contribution < 1.29 is 18.7 Å². The van der Waals surface area contributed by atoms with Crippen molar-refractivity contribution in [1.82, 2.24) is 10.2 Å². The van der Waals surface area contributed by atoms with Gasteiger partial charge in [-0.25, -0.2) is 9.18 Å². The zero-order chi connectivity index (χ0) is 20.6. The van der Waals surface area contributed by atoms with Crippen LogP contribution in [-0.2, 0) is 16.1 Å². The summed E-state index contributed by atoms with van der Waals surface area (Å²) in [7, 11) is 0. The molecule has 7 nitrogen and oxygen atoms in total. The van der Waals surface area contributed by atoms with Gasteiger partial charge in [0.05, 0.1) is 18.4 Å². The second-order valence-electron chi connectivity index (χ2n) is 6.92. The van der Waals surface area contributed by atoms with E-state index in [1.807, 2.05) is 18.2 Å². The van der Waals surface area contributed by atoms with E-state index in [1.54, 1.807) is 0 Å². The Morgan fingerprint density at radius 1 is 1.17 bits per heavy atom. The van der Waals surface area contributed by atoms with E-state index in [0.29, 0.717) is 18.8 Å². The number of nitrogens with one attached hydrogen (secondary N) is 3. The van der Waals surface area contributed by atoms with Gasteiger partial charge < -0.3 is 20.7 Å². The lowest BCUT2D eigenvalue weighted by atomic mass is 10.2. The molecule has 1 aliphatic rings. The van der Waals surface area contributed by atoms with Gasteiger partial charge in [0, 0.05) is 38.8 Å². The van der Waals surface area contributed by atoms with Crippen molar-refractivity contribution in [3.05, 3.63) is 59.9 Å². The molecule has 1 heterocycles. The predicted octanol–water partition coefficient (Wildman–Crippen LogP) is 2.81. The molecule has 2 aromatic carbocycles. The third kappa shape index (κ3) is 6.55. The summed E-state index contributed by atoms with van der Waals surface area (Å²) in [6.45, 7) is 4.67. The molecule has 0 spiro atoms. The van der Waals surface area contributed by atoms with E-state index in [1.165, 1.54) is 30.7 Å². The summed E-state index contributed by atoms with van der Waals surface area (Å²) in [5, 5.41) is 7.80. The number of hydrogen-bond acceptors (Lipinski definition) is 4. The first-order valence-corrected chi connectivity index (χ1v) is 9.49. The third-order valence-electron chi connectivity index (χ3n) is 4.50. The first-order valence-electron chi connectivity index (χ1n) is 9.49. The van der Waals surface area contributed by atoms with Crippen molar-refractivity contribution in [3.8, 4) is 0 Å². The molecule has 1 aliphatic heterocycles. The highest BCUT2D eigenvalue weighted by molar-refractivity contribution is 5.92. The fourth-order valence-corrected chi connectivity index (χ4v) is 3.16. The van der Waals surface area contributed by atoms with E-state index in [2.05, 4.69) is 33.0 Å². The van der Waals surface area contributed by atoms with Crippen LogP contribution in [0.2, 0.25) is 0 Å². The van der Waals surface area contributed by atoms with Crippen molar-refractivity contribution in [3.63, 3.8) is 0 Å². The van der Waals surface area contributed by atoms with Gasteiger partial charge in [-0.05, 0) is 23.8 Å². The van der Waals surface area contributed by atoms with Gasteiger partial charge in [0.2, 0.25) is 5.91 Å². The Balaban J connectivity index is 1.47. The van der Waals surface area contributed by atoms with E-state index < -0.39 is 11.8 Å². The van der Waals surface area contributed by atoms with E-state index in [0.717, 1.165) is 19.6 Å². The second-order valence-corrected chi connectivity index (χ2v) is 6.92. The quantitative estimate of drug-likeness (QED) is 0.696. The van der Waals surface area contributed by atoms with Crippen molar-refractivity contribution in [2.45, 2.75) is 19.6 Å². The van der Waals surface area contributed by atoms with Gasteiger partial charge >= 0.3 is 6.03 Å². The molecule has 1 unspecified atom stereocenters. The average Bonchev–Trinajstić information content (AvgIpc) is 2.70. The normalized spacial score (nSPS) is 16.8. The Hall–Kier alpha value is -2.97. The molecule has 3 rings (SSSR count). The topological polar surface area (TPSA) is 82.7 Å². The van der Waals surface area contributed by atoms with Gasteiger partial charge in [0.15, 0.2) is 0 Å². The number of benzene rings is 2. The maximum absolute atomic E-state index is 13.7. The Morgan fingerprint density at radius 2 is 1.97 bits per heavy atom. The number of carbonyl (C=O) groups is 2. The second kappa shape index (κ2) is 9.99. The molecule has 3 amide bonds. The number of urea groups is 1. The molecule has 1 fully saturated rings. The number of rotatable bonds is 6. The summed E-state index contributed by atoms with van der Waals surface area (Å²) in [5.41, 5.74) is 1.63. The summed E-state index contributed by atoms with van der Waals surface area (Å²) in [6, 6.07) is 13.8. The largest absolute Gasteiger partial charge is 0.374 e. The van der Waals surface area contributed by atoms with Crippen molar-refractivity contribution in [2.24, 2.45) is 0 Å². The minimum absolute atomic E-state index is 0.0162. The van der Waals surface area contributed by atoms with Crippen LogP contribution in [0, 0.1) is 5.82 Å². The number of nitrogens with zero attached hydrogens (tertiary/aromatic N) is 1. The Kier molecular flexibility index (Phi) is 7.15. The average molecular weight is 400 g/mol. The predicted molar refractivity (Wildman–Crippen MR) is 109 cm³/mol. The van der Waals surface area contributed by atoms with Crippen LogP contribution in [0.25, 0.3) is 0 Å². The van der Waals surface area contributed by atoms with Gasteiger partial charge in [-0.3, -0.25) is 9.69 Å². The number of amides is 3. The summed E-state index contributed by atoms with van der Waals surface area (Å²) < 4.78 is 19.4. The molecule has 0 radical (unpaired) electrons. The van der Waals surface area contributed by atoms with Crippen LogP contribution >= 0.6 is 0 Å². The number of ether oxygens (including phenoxy) is 1. The molecule has 1 saturated heterocycles. The van der Waals surface area contributed by atoms with Gasteiger partial charge in [-0.15, -0.1) is 0 Å². The van der Waals surface area contributed by atoms with E-state index in [9.17, 15) is 14.0 Å². The highest BCUT2D eigenvalue weighted by atomic mass is 19.1. The van der Waals surface area contributed by atoms with E-state index >= 15 is 0 Å². The zero-order valence-corrected chi connectivity index (χ0v) is 16.3. The molecule has 8 heteroatoms. The fraction of sp³-hybridized carbons (Fsp3) is 0.333. The van der Waals surface area contributed by atoms with Crippen molar-refractivity contribution in [1.29, 1.82) is 0 Å². The van der Waals surface area contributed by atoms with Gasteiger partial charge in [-0.2, -0.15) is 0 Å². The maximum atomic E-state index is 13.7. The van der Waals surface area contributed by atoms with Crippen LogP contribution in [0.3, 0.4) is 0 Å². The van der Waals surface area contributed by atoms with E-state index in [-0.39, 0.29) is 17.7 Å². The number of anilines is 2. The monoisotopic (exact) mass is 400 g/mol. The first-order chi connectivity index (χ1) is 14.0. The molecule has 3 N–H and O–H groups in total. The summed E-state index contributed by atoms with van der Waals surface area (Å²) in [4.78, 5) is 25.6.